The highest BCUT2D eigenvalue weighted by Gasteiger charge is 2.12. The topological polar surface area (TPSA) is 12.0 Å². The Labute approximate surface area is 119 Å². The summed E-state index contributed by atoms with van der Waals surface area (Å²) in [4.78, 5) is 0. The van der Waals surface area contributed by atoms with Gasteiger partial charge in [-0.1, -0.05) is 71.7 Å². The van der Waals surface area contributed by atoms with Crippen LogP contribution in [0.2, 0.25) is 0 Å². The van der Waals surface area contributed by atoms with E-state index < -0.39 is 0 Å². The van der Waals surface area contributed by atoms with Gasteiger partial charge < -0.3 is 5.32 Å². The van der Waals surface area contributed by atoms with Gasteiger partial charge in [0.2, 0.25) is 0 Å². The molecule has 1 nitrogen and oxygen atoms in total. The van der Waals surface area contributed by atoms with Gasteiger partial charge in [0.15, 0.2) is 0 Å². The van der Waals surface area contributed by atoms with Crippen molar-refractivity contribution in [3.05, 3.63) is 35.4 Å². The van der Waals surface area contributed by atoms with Crippen molar-refractivity contribution in [3.63, 3.8) is 0 Å². The van der Waals surface area contributed by atoms with Crippen molar-refractivity contribution in [3.8, 4) is 0 Å². The number of hydrogen-bond donors (Lipinski definition) is 1. The molecule has 0 bridgehead atoms. The van der Waals surface area contributed by atoms with Gasteiger partial charge in [0, 0.05) is 6.54 Å². The molecule has 0 aliphatic heterocycles. The van der Waals surface area contributed by atoms with Crippen LogP contribution in [-0.4, -0.2) is 6.54 Å². The number of benzene rings is 1. The van der Waals surface area contributed by atoms with Crippen LogP contribution in [0, 0.1) is 5.92 Å². The van der Waals surface area contributed by atoms with Gasteiger partial charge in [-0.3, -0.25) is 0 Å². The van der Waals surface area contributed by atoms with Gasteiger partial charge in [-0.25, -0.2) is 0 Å². The van der Waals surface area contributed by atoms with E-state index >= 15 is 0 Å². The zero-order valence-electron chi connectivity index (χ0n) is 13.4. The molecular formula is C18H31N. The molecule has 0 aliphatic carbocycles. The molecule has 1 heteroatoms. The predicted octanol–water partition coefficient (Wildman–Crippen LogP) is 4.90. The minimum absolute atomic E-state index is 0.253. The fourth-order valence-electron chi connectivity index (χ4n) is 2.16. The van der Waals surface area contributed by atoms with Crippen molar-refractivity contribution in [1.82, 2.24) is 5.32 Å². The maximum Gasteiger partial charge on any atom is 0.0205 e. The zero-order valence-corrected chi connectivity index (χ0v) is 13.4. The minimum atomic E-state index is 0.253. The summed E-state index contributed by atoms with van der Waals surface area (Å²) in [5, 5.41) is 3.53. The van der Waals surface area contributed by atoms with Crippen molar-refractivity contribution in [2.45, 2.75) is 65.8 Å². The molecule has 1 aromatic carbocycles. The standard InChI is InChI=1S/C18H31N/c1-15(2)8-6-7-13-19-14-16-9-11-17(12-10-16)18(3,4)5/h9-12,15,19H,6-8,13-14H2,1-5H3. The van der Waals surface area contributed by atoms with Crippen LogP contribution in [0.4, 0.5) is 0 Å². The lowest BCUT2D eigenvalue weighted by atomic mass is 9.87. The van der Waals surface area contributed by atoms with Crippen molar-refractivity contribution in [2.24, 2.45) is 5.92 Å². The first kappa shape index (κ1) is 16.2. The third-order valence-corrected chi connectivity index (χ3v) is 3.53. The summed E-state index contributed by atoms with van der Waals surface area (Å²) in [7, 11) is 0. The Morgan fingerprint density at radius 1 is 1.00 bits per heavy atom. The van der Waals surface area contributed by atoms with Crippen LogP contribution in [-0.2, 0) is 12.0 Å². The fraction of sp³-hybridized carbons (Fsp3) is 0.667. The highest BCUT2D eigenvalue weighted by atomic mass is 14.8. The van der Waals surface area contributed by atoms with Gasteiger partial charge in [0.05, 0.1) is 0 Å². The smallest absolute Gasteiger partial charge is 0.0205 e. The molecule has 1 aromatic rings. The van der Waals surface area contributed by atoms with E-state index in [1.54, 1.807) is 0 Å². The van der Waals surface area contributed by atoms with Crippen LogP contribution in [0.5, 0.6) is 0 Å². The fourth-order valence-corrected chi connectivity index (χ4v) is 2.16. The van der Waals surface area contributed by atoms with Gasteiger partial charge in [0.25, 0.3) is 0 Å². The molecule has 0 fully saturated rings. The van der Waals surface area contributed by atoms with Crippen LogP contribution in [0.15, 0.2) is 24.3 Å². The number of nitrogens with one attached hydrogen (secondary N) is 1. The maximum absolute atomic E-state index is 3.53. The first-order valence-corrected chi connectivity index (χ1v) is 7.69. The van der Waals surface area contributed by atoms with E-state index in [0.717, 1.165) is 19.0 Å². The molecule has 0 radical (unpaired) electrons. The Hall–Kier alpha value is -0.820. The summed E-state index contributed by atoms with van der Waals surface area (Å²) < 4.78 is 0. The normalized spacial score (nSPS) is 12.1. The second kappa shape index (κ2) is 7.69. The largest absolute Gasteiger partial charge is 0.313 e. The number of rotatable bonds is 7. The van der Waals surface area contributed by atoms with Crippen LogP contribution in [0.1, 0.15) is 65.0 Å². The Bertz CT molecular complexity index is 343. The average molecular weight is 261 g/mol. The third kappa shape index (κ3) is 6.77. The molecule has 0 aromatic heterocycles. The first-order chi connectivity index (χ1) is 8.89. The second-order valence-electron chi connectivity index (χ2n) is 7.01. The van der Waals surface area contributed by atoms with Gasteiger partial charge in [-0.05, 0) is 35.4 Å². The quantitative estimate of drug-likeness (QED) is 0.688. The summed E-state index contributed by atoms with van der Waals surface area (Å²) >= 11 is 0. The zero-order chi connectivity index (χ0) is 14.3. The third-order valence-electron chi connectivity index (χ3n) is 3.53. The number of hydrogen-bond acceptors (Lipinski definition) is 1. The van der Waals surface area contributed by atoms with Crippen molar-refractivity contribution in [2.75, 3.05) is 6.54 Å². The molecule has 0 spiro atoms. The number of unbranched alkanes of at least 4 members (excludes halogenated alkanes) is 1. The van der Waals surface area contributed by atoms with E-state index in [0.29, 0.717) is 0 Å². The lowest BCUT2D eigenvalue weighted by molar-refractivity contribution is 0.520. The lowest BCUT2D eigenvalue weighted by Crippen LogP contribution is -2.15. The molecular weight excluding hydrogens is 230 g/mol. The summed E-state index contributed by atoms with van der Waals surface area (Å²) in [5.41, 5.74) is 3.05. The van der Waals surface area contributed by atoms with Gasteiger partial charge >= 0.3 is 0 Å². The van der Waals surface area contributed by atoms with Crippen LogP contribution >= 0.6 is 0 Å². The van der Waals surface area contributed by atoms with Crippen LogP contribution in [0.3, 0.4) is 0 Å². The van der Waals surface area contributed by atoms with Crippen LogP contribution in [0.25, 0.3) is 0 Å². The first-order valence-electron chi connectivity index (χ1n) is 7.69. The highest BCUT2D eigenvalue weighted by Crippen LogP contribution is 2.22. The molecule has 0 saturated heterocycles. The molecule has 19 heavy (non-hydrogen) atoms. The molecule has 108 valence electrons. The second-order valence-corrected chi connectivity index (χ2v) is 7.01. The molecule has 0 atom stereocenters. The van der Waals surface area contributed by atoms with Crippen molar-refractivity contribution in [1.29, 1.82) is 0 Å². The Balaban J connectivity index is 2.23. The van der Waals surface area contributed by atoms with E-state index in [4.69, 9.17) is 0 Å². The van der Waals surface area contributed by atoms with Crippen LogP contribution < -0.4 is 5.32 Å². The summed E-state index contributed by atoms with van der Waals surface area (Å²) in [6.07, 6.45) is 3.98. The Morgan fingerprint density at radius 3 is 2.16 bits per heavy atom. The summed E-state index contributed by atoms with van der Waals surface area (Å²) in [6, 6.07) is 9.02. The summed E-state index contributed by atoms with van der Waals surface area (Å²) in [5.74, 6) is 0.838. The highest BCUT2D eigenvalue weighted by molar-refractivity contribution is 5.27. The summed E-state index contributed by atoms with van der Waals surface area (Å²) in [6.45, 7) is 13.5. The maximum atomic E-state index is 3.53. The van der Waals surface area contributed by atoms with E-state index in [9.17, 15) is 0 Å². The molecule has 0 unspecified atom stereocenters. The van der Waals surface area contributed by atoms with Gasteiger partial charge in [-0.15, -0.1) is 0 Å². The van der Waals surface area contributed by atoms with Gasteiger partial charge in [-0.2, -0.15) is 0 Å². The average Bonchev–Trinajstić information content (AvgIpc) is 2.32. The Kier molecular flexibility index (Phi) is 6.57. The predicted molar refractivity (Wildman–Crippen MR) is 85.5 cm³/mol. The molecule has 0 aliphatic rings. The van der Waals surface area contributed by atoms with E-state index in [1.807, 2.05) is 0 Å². The lowest BCUT2D eigenvalue weighted by Gasteiger charge is -2.19. The van der Waals surface area contributed by atoms with Crippen molar-refractivity contribution >= 4 is 0 Å². The molecule has 0 amide bonds. The Morgan fingerprint density at radius 2 is 1.63 bits per heavy atom. The SMILES string of the molecule is CC(C)CCCCNCc1ccc(C(C)(C)C)cc1. The minimum Gasteiger partial charge on any atom is -0.313 e. The van der Waals surface area contributed by atoms with Crippen molar-refractivity contribution < 1.29 is 0 Å². The van der Waals surface area contributed by atoms with E-state index in [-0.39, 0.29) is 5.41 Å². The monoisotopic (exact) mass is 261 g/mol. The molecule has 1 rings (SSSR count). The van der Waals surface area contributed by atoms with Gasteiger partial charge in [0.1, 0.15) is 0 Å². The van der Waals surface area contributed by atoms with E-state index in [1.165, 1.54) is 30.4 Å². The molecule has 0 heterocycles. The van der Waals surface area contributed by atoms with E-state index in [2.05, 4.69) is 64.2 Å². The molecule has 0 saturated carbocycles. The molecule has 1 N–H and O–H groups in total.